The minimum absolute atomic E-state index is 0.170. The lowest BCUT2D eigenvalue weighted by Crippen LogP contribution is -2.04. The van der Waals surface area contributed by atoms with E-state index in [1.54, 1.807) is 6.07 Å². The second-order valence-corrected chi connectivity index (χ2v) is 4.16. The third-order valence-corrected chi connectivity index (χ3v) is 2.68. The number of nitro groups is 1. The Morgan fingerprint density at radius 3 is 2.45 bits per heavy atom. The van der Waals surface area contributed by atoms with E-state index in [2.05, 4.69) is 5.32 Å². The lowest BCUT2D eigenvalue weighted by Gasteiger charge is -2.08. The number of aliphatic carboxylic acids is 1. The van der Waals surface area contributed by atoms with Gasteiger partial charge in [0, 0.05) is 23.0 Å². The van der Waals surface area contributed by atoms with E-state index in [4.69, 9.17) is 5.11 Å². The topological polar surface area (TPSA) is 92.5 Å². The molecule has 6 nitrogen and oxygen atoms in total. The number of anilines is 2. The van der Waals surface area contributed by atoms with Gasteiger partial charge in [-0.3, -0.25) is 14.9 Å². The molecule has 102 valence electrons. The molecule has 6 heteroatoms. The molecule has 0 saturated heterocycles. The molecule has 0 fully saturated rings. The van der Waals surface area contributed by atoms with Crippen molar-refractivity contribution in [3.8, 4) is 0 Å². The highest BCUT2D eigenvalue weighted by Gasteiger charge is 2.16. The van der Waals surface area contributed by atoms with Gasteiger partial charge >= 0.3 is 5.97 Å². The van der Waals surface area contributed by atoms with Crippen molar-refractivity contribution in [2.75, 3.05) is 5.32 Å². The molecule has 2 aromatic rings. The van der Waals surface area contributed by atoms with Gasteiger partial charge in [0.25, 0.3) is 5.69 Å². The van der Waals surface area contributed by atoms with E-state index in [1.807, 2.05) is 30.3 Å². The molecule has 2 rings (SSSR count). The van der Waals surface area contributed by atoms with Gasteiger partial charge in [-0.15, -0.1) is 0 Å². The summed E-state index contributed by atoms with van der Waals surface area (Å²) in [5.74, 6) is -1.11. The quantitative estimate of drug-likeness (QED) is 0.644. The predicted octanol–water partition coefficient (Wildman–Crippen LogP) is 2.97. The van der Waals surface area contributed by atoms with E-state index in [-0.39, 0.29) is 17.7 Å². The summed E-state index contributed by atoms with van der Waals surface area (Å²) in [5.41, 5.74) is 1.41. The SMILES string of the molecule is O=C(O)Cc1cc(Nc2ccccc2)ccc1[N+](=O)[O-]. The molecule has 0 atom stereocenters. The number of carbonyl (C=O) groups is 1. The zero-order valence-electron chi connectivity index (χ0n) is 10.4. The molecule has 0 aromatic heterocycles. The summed E-state index contributed by atoms with van der Waals surface area (Å²) >= 11 is 0. The van der Waals surface area contributed by atoms with Crippen LogP contribution >= 0.6 is 0 Å². The molecule has 0 radical (unpaired) electrons. The van der Waals surface area contributed by atoms with Crippen LogP contribution in [0.5, 0.6) is 0 Å². The summed E-state index contributed by atoms with van der Waals surface area (Å²) in [5, 5.41) is 22.7. The average Bonchev–Trinajstić information content (AvgIpc) is 2.39. The second-order valence-electron chi connectivity index (χ2n) is 4.16. The first-order valence-corrected chi connectivity index (χ1v) is 5.87. The Labute approximate surface area is 114 Å². The van der Waals surface area contributed by atoms with Crippen LogP contribution in [-0.2, 0) is 11.2 Å². The summed E-state index contributed by atoms with van der Waals surface area (Å²) in [7, 11) is 0. The number of carboxylic acids is 1. The molecule has 0 bridgehead atoms. The molecule has 0 saturated carbocycles. The van der Waals surface area contributed by atoms with Crippen LogP contribution in [0.3, 0.4) is 0 Å². The molecule has 0 heterocycles. The fraction of sp³-hybridized carbons (Fsp3) is 0.0714. The van der Waals surface area contributed by atoms with Crippen molar-refractivity contribution in [1.82, 2.24) is 0 Å². The highest BCUT2D eigenvalue weighted by molar-refractivity contribution is 5.74. The molecule has 0 aliphatic carbocycles. The second kappa shape index (κ2) is 5.83. The molecular weight excluding hydrogens is 260 g/mol. The number of carboxylic acid groups (broad SMARTS) is 1. The Bertz CT molecular complexity index is 641. The van der Waals surface area contributed by atoms with Gasteiger partial charge in [0.15, 0.2) is 0 Å². The van der Waals surface area contributed by atoms with Gasteiger partial charge in [0.2, 0.25) is 0 Å². The number of hydrogen-bond donors (Lipinski definition) is 2. The number of nitro benzene ring substituents is 1. The molecule has 0 aliphatic heterocycles. The van der Waals surface area contributed by atoms with Crippen molar-refractivity contribution in [2.24, 2.45) is 0 Å². The summed E-state index contributed by atoms with van der Waals surface area (Å²) in [6.45, 7) is 0. The smallest absolute Gasteiger partial charge is 0.308 e. The van der Waals surface area contributed by atoms with Crippen LogP contribution in [0.25, 0.3) is 0 Å². The van der Waals surface area contributed by atoms with Crippen LogP contribution in [0.1, 0.15) is 5.56 Å². The number of nitrogens with one attached hydrogen (secondary N) is 1. The maximum atomic E-state index is 10.9. The van der Waals surface area contributed by atoms with Gasteiger partial charge in [-0.2, -0.15) is 0 Å². The third-order valence-electron chi connectivity index (χ3n) is 2.68. The Balaban J connectivity index is 2.31. The monoisotopic (exact) mass is 272 g/mol. The molecule has 0 aliphatic rings. The van der Waals surface area contributed by atoms with E-state index >= 15 is 0 Å². The van der Waals surface area contributed by atoms with Crippen LogP contribution in [0.15, 0.2) is 48.5 Å². The fourth-order valence-electron chi connectivity index (χ4n) is 1.83. The first-order chi connectivity index (χ1) is 9.56. The molecule has 2 aromatic carbocycles. The Kier molecular flexibility index (Phi) is 3.95. The van der Waals surface area contributed by atoms with Crippen molar-refractivity contribution in [2.45, 2.75) is 6.42 Å². The summed E-state index contributed by atoms with van der Waals surface area (Å²) in [6, 6.07) is 13.6. The number of nitrogens with zero attached hydrogens (tertiary/aromatic N) is 1. The van der Waals surface area contributed by atoms with Crippen molar-refractivity contribution >= 4 is 23.0 Å². The van der Waals surface area contributed by atoms with Crippen LogP contribution in [0.4, 0.5) is 17.1 Å². The Morgan fingerprint density at radius 1 is 1.15 bits per heavy atom. The molecule has 20 heavy (non-hydrogen) atoms. The zero-order chi connectivity index (χ0) is 14.5. The highest BCUT2D eigenvalue weighted by atomic mass is 16.6. The van der Waals surface area contributed by atoms with Crippen molar-refractivity contribution in [3.63, 3.8) is 0 Å². The van der Waals surface area contributed by atoms with Gasteiger partial charge in [-0.05, 0) is 24.3 Å². The van der Waals surface area contributed by atoms with Crippen LogP contribution in [-0.4, -0.2) is 16.0 Å². The van der Waals surface area contributed by atoms with Crippen LogP contribution in [0.2, 0.25) is 0 Å². The van der Waals surface area contributed by atoms with Crippen molar-refractivity contribution in [1.29, 1.82) is 0 Å². The summed E-state index contributed by atoms with van der Waals surface area (Å²) in [6.07, 6.45) is -0.388. The standard InChI is InChI=1S/C14H12N2O4/c17-14(18)9-10-8-12(6-7-13(10)16(19)20)15-11-4-2-1-3-5-11/h1-8,15H,9H2,(H,17,18). The molecule has 0 amide bonds. The number of rotatable bonds is 5. The number of benzene rings is 2. The highest BCUT2D eigenvalue weighted by Crippen LogP contribution is 2.25. The minimum atomic E-state index is -1.11. The molecular formula is C14H12N2O4. The maximum absolute atomic E-state index is 10.9. The third kappa shape index (κ3) is 3.32. The summed E-state index contributed by atoms with van der Waals surface area (Å²) < 4.78 is 0. The first kappa shape index (κ1) is 13.5. The van der Waals surface area contributed by atoms with E-state index in [9.17, 15) is 14.9 Å². The number of hydrogen-bond acceptors (Lipinski definition) is 4. The molecule has 2 N–H and O–H groups in total. The first-order valence-electron chi connectivity index (χ1n) is 5.87. The van der Waals surface area contributed by atoms with Crippen molar-refractivity contribution < 1.29 is 14.8 Å². The molecule has 0 unspecified atom stereocenters. The van der Waals surface area contributed by atoms with Gasteiger partial charge in [0.1, 0.15) is 0 Å². The largest absolute Gasteiger partial charge is 0.481 e. The van der Waals surface area contributed by atoms with Crippen LogP contribution < -0.4 is 5.32 Å². The zero-order valence-corrected chi connectivity index (χ0v) is 10.4. The lowest BCUT2D eigenvalue weighted by molar-refractivity contribution is -0.385. The molecule has 0 spiro atoms. The van der Waals surface area contributed by atoms with Gasteiger partial charge in [-0.25, -0.2) is 0 Å². The maximum Gasteiger partial charge on any atom is 0.308 e. The fourth-order valence-corrected chi connectivity index (χ4v) is 1.83. The van der Waals surface area contributed by atoms with Gasteiger partial charge in [-0.1, -0.05) is 18.2 Å². The van der Waals surface area contributed by atoms with Gasteiger partial charge < -0.3 is 10.4 Å². The average molecular weight is 272 g/mol. The number of para-hydroxylation sites is 1. The van der Waals surface area contributed by atoms with E-state index in [0.29, 0.717) is 5.69 Å². The summed E-state index contributed by atoms with van der Waals surface area (Å²) in [4.78, 5) is 21.1. The van der Waals surface area contributed by atoms with Crippen molar-refractivity contribution in [3.05, 3.63) is 64.2 Å². The predicted molar refractivity (Wildman–Crippen MR) is 74.2 cm³/mol. The van der Waals surface area contributed by atoms with Gasteiger partial charge in [0.05, 0.1) is 11.3 Å². The Hall–Kier alpha value is -2.89. The van der Waals surface area contributed by atoms with E-state index < -0.39 is 10.9 Å². The van der Waals surface area contributed by atoms with Crippen LogP contribution in [0, 0.1) is 10.1 Å². The lowest BCUT2D eigenvalue weighted by atomic mass is 10.1. The normalized spacial score (nSPS) is 10.0. The van der Waals surface area contributed by atoms with E-state index in [1.165, 1.54) is 12.1 Å². The van der Waals surface area contributed by atoms with E-state index in [0.717, 1.165) is 5.69 Å². The Morgan fingerprint density at radius 2 is 1.85 bits per heavy atom. The minimum Gasteiger partial charge on any atom is -0.481 e.